The average molecular weight is 242 g/mol. The summed E-state index contributed by atoms with van der Waals surface area (Å²) in [6.45, 7) is 8.34. The second kappa shape index (κ2) is 4.77. The number of aryl methyl sites for hydroxylation is 2. The molecule has 0 N–H and O–H groups in total. The predicted octanol–water partition coefficient (Wildman–Crippen LogP) is 3.39. The highest BCUT2D eigenvalue weighted by Crippen LogP contribution is 2.27. The Bertz CT molecular complexity index is 591. The van der Waals surface area contributed by atoms with Gasteiger partial charge in [0, 0.05) is 11.3 Å². The van der Waals surface area contributed by atoms with Crippen LogP contribution in [0.5, 0.6) is 6.01 Å². The molecule has 0 aliphatic rings. The number of methoxy groups -OCH3 is 1. The molecule has 0 fully saturated rings. The van der Waals surface area contributed by atoms with Gasteiger partial charge in [0.1, 0.15) is 0 Å². The quantitative estimate of drug-likeness (QED) is 0.809. The van der Waals surface area contributed by atoms with Crippen LogP contribution in [0.3, 0.4) is 0 Å². The van der Waals surface area contributed by atoms with Gasteiger partial charge in [-0.3, -0.25) is 0 Å². The molecule has 0 amide bonds. The van der Waals surface area contributed by atoms with Gasteiger partial charge in [-0.15, -0.1) is 0 Å². The third-order valence-electron chi connectivity index (χ3n) is 3.35. The van der Waals surface area contributed by atoms with Crippen LogP contribution in [0.15, 0.2) is 18.2 Å². The molecule has 0 spiro atoms. The van der Waals surface area contributed by atoms with Crippen LogP contribution in [0.25, 0.3) is 11.3 Å². The molecule has 1 aromatic heterocycles. The summed E-state index contributed by atoms with van der Waals surface area (Å²) in [5, 5.41) is 0. The Balaban J connectivity index is 2.62. The first-order valence-corrected chi connectivity index (χ1v) is 5.99. The van der Waals surface area contributed by atoms with Gasteiger partial charge >= 0.3 is 6.01 Å². The van der Waals surface area contributed by atoms with E-state index in [1.54, 1.807) is 7.11 Å². The third-order valence-corrected chi connectivity index (χ3v) is 3.35. The van der Waals surface area contributed by atoms with E-state index < -0.39 is 0 Å². The Hall–Kier alpha value is -1.90. The Labute approximate surface area is 108 Å². The standard InChI is InChI=1S/C15H18N2O/c1-9-6-7-13(12(4)11(9)3)14-8-10(2)16-15(17-14)18-5/h6-8H,1-5H3. The van der Waals surface area contributed by atoms with E-state index in [0.717, 1.165) is 17.0 Å². The van der Waals surface area contributed by atoms with Crippen molar-refractivity contribution in [1.29, 1.82) is 0 Å². The van der Waals surface area contributed by atoms with Crippen molar-refractivity contribution >= 4 is 0 Å². The summed E-state index contributed by atoms with van der Waals surface area (Å²) in [5.41, 5.74) is 6.84. The third kappa shape index (κ3) is 2.21. The van der Waals surface area contributed by atoms with Crippen molar-refractivity contribution in [3.05, 3.63) is 40.6 Å². The van der Waals surface area contributed by atoms with Crippen molar-refractivity contribution < 1.29 is 4.74 Å². The van der Waals surface area contributed by atoms with Gasteiger partial charge < -0.3 is 4.74 Å². The lowest BCUT2D eigenvalue weighted by atomic mass is 9.97. The molecule has 94 valence electrons. The molecule has 0 unspecified atom stereocenters. The minimum absolute atomic E-state index is 0.419. The SMILES string of the molecule is COc1nc(C)cc(-c2ccc(C)c(C)c2C)n1. The fourth-order valence-electron chi connectivity index (χ4n) is 2.00. The van der Waals surface area contributed by atoms with Crippen molar-refractivity contribution in [1.82, 2.24) is 9.97 Å². The maximum absolute atomic E-state index is 5.13. The normalized spacial score (nSPS) is 10.5. The molecular weight excluding hydrogens is 224 g/mol. The molecule has 0 saturated heterocycles. The number of rotatable bonds is 2. The van der Waals surface area contributed by atoms with Crippen molar-refractivity contribution in [2.45, 2.75) is 27.7 Å². The first-order valence-electron chi connectivity index (χ1n) is 5.99. The number of ether oxygens (including phenoxy) is 1. The van der Waals surface area contributed by atoms with Gasteiger partial charge in [0.2, 0.25) is 0 Å². The first-order chi connectivity index (χ1) is 8.52. The number of benzene rings is 1. The Kier molecular flexibility index (Phi) is 3.32. The van der Waals surface area contributed by atoms with Crippen LogP contribution in [-0.4, -0.2) is 17.1 Å². The maximum Gasteiger partial charge on any atom is 0.316 e. The van der Waals surface area contributed by atoms with E-state index in [-0.39, 0.29) is 0 Å². The van der Waals surface area contributed by atoms with Gasteiger partial charge in [-0.25, -0.2) is 4.98 Å². The van der Waals surface area contributed by atoms with E-state index in [1.165, 1.54) is 16.7 Å². The van der Waals surface area contributed by atoms with E-state index in [4.69, 9.17) is 4.74 Å². The molecule has 2 aromatic rings. The monoisotopic (exact) mass is 242 g/mol. The molecule has 1 aromatic carbocycles. The zero-order valence-electron chi connectivity index (χ0n) is 11.5. The fourth-order valence-corrected chi connectivity index (χ4v) is 2.00. The molecule has 0 radical (unpaired) electrons. The summed E-state index contributed by atoms with van der Waals surface area (Å²) in [7, 11) is 1.59. The predicted molar refractivity (Wildman–Crippen MR) is 73.0 cm³/mol. The molecule has 0 bridgehead atoms. The molecule has 0 aliphatic carbocycles. The Morgan fingerprint density at radius 2 is 1.67 bits per heavy atom. The van der Waals surface area contributed by atoms with E-state index in [0.29, 0.717) is 6.01 Å². The summed E-state index contributed by atoms with van der Waals surface area (Å²) >= 11 is 0. The molecule has 1 heterocycles. The van der Waals surface area contributed by atoms with Crippen molar-refractivity contribution in [3.8, 4) is 17.3 Å². The summed E-state index contributed by atoms with van der Waals surface area (Å²) in [6.07, 6.45) is 0. The zero-order chi connectivity index (χ0) is 13.3. The molecule has 2 rings (SSSR count). The van der Waals surface area contributed by atoms with Crippen LogP contribution in [0.4, 0.5) is 0 Å². The second-order valence-corrected chi connectivity index (χ2v) is 4.56. The molecule has 0 aliphatic heterocycles. The molecular formula is C15H18N2O. The topological polar surface area (TPSA) is 35.0 Å². The van der Waals surface area contributed by atoms with Gasteiger partial charge in [0.15, 0.2) is 0 Å². The summed E-state index contributed by atoms with van der Waals surface area (Å²) in [4.78, 5) is 8.63. The summed E-state index contributed by atoms with van der Waals surface area (Å²) in [5.74, 6) is 0. The van der Waals surface area contributed by atoms with Crippen molar-refractivity contribution in [3.63, 3.8) is 0 Å². The molecule has 0 atom stereocenters. The minimum atomic E-state index is 0.419. The van der Waals surface area contributed by atoms with Crippen LogP contribution in [0.1, 0.15) is 22.4 Å². The Morgan fingerprint density at radius 1 is 0.944 bits per heavy atom. The summed E-state index contributed by atoms with van der Waals surface area (Å²) < 4.78 is 5.13. The van der Waals surface area contributed by atoms with Gasteiger partial charge in [-0.1, -0.05) is 12.1 Å². The van der Waals surface area contributed by atoms with Gasteiger partial charge in [-0.05, 0) is 50.5 Å². The zero-order valence-corrected chi connectivity index (χ0v) is 11.5. The number of hydrogen-bond donors (Lipinski definition) is 0. The van der Waals surface area contributed by atoms with Gasteiger partial charge in [0.05, 0.1) is 12.8 Å². The highest BCUT2D eigenvalue weighted by atomic mass is 16.5. The summed E-state index contributed by atoms with van der Waals surface area (Å²) in [6, 6.07) is 6.64. The van der Waals surface area contributed by atoms with Crippen molar-refractivity contribution in [2.75, 3.05) is 7.11 Å². The van der Waals surface area contributed by atoms with Crippen LogP contribution < -0.4 is 4.74 Å². The first kappa shape index (κ1) is 12.6. The van der Waals surface area contributed by atoms with Crippen LogP contribution in [0, 0.1) is 27.7 Å². The number of hydrogen-bond acceptors (Lipinski definition) is 3. The van der Waals surface area contributed by atoms with Crippen molar-refractivity contribution in [2.24, 2.45) is 0 Å². The van der Waals surface area contributed by atoms with Crippen LogP contribution >= 0.6 is 0 Å². The molecule has 3 heteroatoms. The average Bonchev–Trinajstić information content (AvgIpc) is 2.35. The maximum atomic E-state index is 5.13. The van der Waals surface area contributed by atoms with Gasteiger partial charge in [0.25, 0.3) is 0 Å². The highest BCUT2D eigenvalue weighted by Gasteiger charge is 2.09. The van der Waals surface area contributed by atoms with Gasteiger partial charge in [-0.2, -0.15) is 4.98 Å². The lowest BCUT2D eigenvalue weighted by Crippen LogP contribution is -1.98. The number of nitrogens with zero attached hydrogens (tertiary/aromatic N) is 2. The lowest BCUT2D eigenvalue weighted by Gasteiger charge is -2.11. The smallest absolute Gasteiger partial charge is 0.316 e. The van der Waals surface area contributed by atoms with Crippen LogP contribution in [0.2, 0.25) is 0 Å². The Morgan fingerprint density at radius 3 is 2.33 bits per heavy atom. The fraction of sp³-hybridized carbons (Fsp3) is 0.333. The minimum Gasteiger partial charge on any atom is -0.467 e. The van der Waals surface area contributed by atoms with Crippen LogP contribution in [-0.2, 0) is 0 Å². The second-order valence-electron chi connectivity index (χ2n) is 4.56. The van der Waals surface area contributed by atoms with E-state index in [2.05, 4.69) is 42.9 Å². The molecule has 3 nitrogen and oxygen atoms in total. The molecule has 0 saturated carbocycles. The molecule has 18 heavy (non-hydrogen) atoms. The van der Waals surface area contributed by atoms with E-state index in [9.17, 15) is 0 Å². The lowest BCUT2D eigenvalue weighted by molar-refractivity contribution is 0.379. The largest absolute Gasteiger partial charge is 0.467 e. The highest BCUT2D eigenvalue weighted by molar-refractivity contribution is 5.66. The van der Waals surface area contributed by atoms with E-state index >= 15 is 0 Å². The number of aromatic nitrogens is 2. The van der Waals surface area contributed by atoms with E-state index in [1.807, 2.05) is 13.0 Å².